The molecule has 12 heteroatoms. The third-order valence-corrected chi connectivity index (χ3v) is 9.11. The number of carbonyl (C=O) groups excluding carboxylic acids is 1. The summed E-state index contributed by atoms with van der Waals surface area (Å²) in [5.74, 6) is -0.570. The molecule has 1 fully saturated rings. The van der Waals surface area contributed by atoms with Crippen LogP contribution >= 0.6 is 33.9 Å². The van der Waals surface area contributed by atoms with E-state index in [1.807, 2.05) is 22.6 Å². The molecule has 2 N–H and O–H groups in total. The summed E-state index contributed by atoms with van der Waals surface area (Å²) < 4.78 is 48.7. The Morgan fingerprint density at radius 1 is 1.35 bits per heavy atom. The predicted molar refractivity (Wildman–Crippen MR) is 138 cm³/mol. The van der Waals surface area contributed by atoms with E-state index in [2.05, 4.69) is 15.6 Å². The van der Waals surface area contributed by atoms with Gasteiger partial charge < -0.3 is 15.4 Å². The minimum atomic E-state index is -3.83. The number of fused-ring (bicyclic) bond motifs is 1. The molecule has 1 aromatic carbocycles. The second kappa shape index (κ2) is 10.8. The molecule has 0 bridgehead atoms. The number of halogens is 2. The fourth-order valence-electron chi connectivity index (χ4n) is 3.67. The molecule has 0 amide bonds. The maximum Gasteiger partial charge on any atom is 0.307 e. The van der Waals surface area contributed by atoms with Gasteiger partial charge in [0.25, 0.3) is 0 Å². The number of nitrogens with zero attached hydrogens (tertiary/aromatic N) is 2. The van der Waals surface area contributed by atoms with Crippen molar-refractivity contribution in [3.05, 3.63) is 45.9 Å². The molecule has 3 heterocycles. The van der Waals surface area contributed by atoms with Crippen molar-refractivity contribution in [2.24, 2.45) is 5.92 Å². The lowest BCUT2D eigenvalue weighted by Gasteiger charge is -2.38. The van der Waals surface area contributed by atoms with E-state index in [9.17, 15) is 17.6 Å². The molecule has 0 aliphatic carbocycles. The third kappa shape index (κ3) is 5.51. The Bertz CT molecular complexity index is 1300. The van der Waals surface area contributed by atoms with Gasteiger partial charge in [0.2, 0.25) is 10.0 Å². The molecule has 3 aromatic rings. The molecule has 8 nitrogen and oxygen atoms in total. The zero-order valence-corrected chi connectivity index (χ0v) is 22.2. The normalized spacial score (nSPS) is 14.8. The molecule has 2 aromatic heterocycles. The topological polar surface area (TPSA) is 101 Å². The number of rotatable bonds is 10. The van der Waals surface area contributed by atoms with Gasteiger partial charge in [0.15, 0.2) is 0 Å². The van der Waals surface area contributed by atoms with Crippen LogP contribution in [0.2, 0.25) is 0 Å². The van der Waals surface area contributed by atoms with Crippen molar-refractivity contribution in [1.29, 1.82) is 0 Å². The van der Waals surface area contributed by atoms with Gasteiger partial charge in [-0.15, -0.1) is 0 Å². The minimum Gasteiger partial charge on any atom is -0.466 e. The smallest absolute Gasteiger partial charge is 0.307 e. The van der Waals surface area contributed by atoms with Crippen LogP contribution in [0, 0.1) is 15.3 Å². The fraction of sp³-hybridized carbons (Fsp3) is 0.364. The lowest BCUT2D eigenvalue weighted by Crippen LogP contribution is -2.53. The molecule has 1 aliphatic heterocycles. The van der Waals surface area contributed by atoms with Crippen molar-refractivity contribution in [3.8, 4) is 0 Å². The Hall–Kier alpha value is -1.87. The zero-order chi connectivity index (χ0) is 24.3. The first-order valence-corrected chi connectivity index (χ1v) is 14.1. The monoisotopic (exact) mass is 618 g/mol. The van der Waals surface area contributed by atoms with Crippen LogP contribution < -0.4 is 10.6 Å². The number of hydrogen-bond donors (Lipinski definition) is 2. The van der Waals surface area contributed by atoms with Gasteiger partial charge in [-0.2, -0.15) is 4.31 Å². The number of anilines is 2. The van der Waals surface area contributed by atoms with E-state index in [1.165, 1.54) is 21.7 Å². The van der Waals surface area contributed by atoms with Crippen molar-refractivity contribution in [2.45, 2.75) is 18.2 Å². The summed E-state index contributed by atoms with van der Waals surface area (Å²) in [6.07, 6.45) is 1.88. The van der Waals surface area contributed by atoms with E-state index in [0.717, 1.165) is 3.57 Å². The van der Waals surface area contributed by atoms with Gasteiger partial charge >= 0.3 is 5.97 Å². The minimum absolute atomic E-state index is 0.118. The van der Waals surface area contributed by atoms with Crippen LogP contribution in [0.15, 0.2) is 41.4 Å². The molecule has 0 saturated carbocycles. The fourth-order valence-corrected chi connectivity index (χ4v) is 7.38. The van der Waals surface area contributed by atoms with Gasteiger partial charge in [0.1, 0.15) is 20.5 Å². The van der Waals surface area contributed by atoms with Gasteiger partial charge in [-0.1, -0.05) is 11.3 Å². The first kappa shape index (κ1) is 25.2. The molecule has 4 rings (SSSR count). The number of thiophene rings is 1. The molecule has 0 spiro atoms. The third-order valence-electron chi connectivity index (χ3n) is 5.37. The summed E-state index contributed by atoms with van der Waals surface area (Å²) in [6.45, 7) is 3.94. The van der Waals surface area contributed by atoms with Crippen molar-refractivity contribution < 1.29 is 22.3 Å². The van der Waals surface area contributed by atoms with Crippen LogP contribution in [0.4, 0.5) is 15.1 Å². The SMILES string of the molecule is CCOC(=O)CCNCC1CN(S(=O)(=O)c2c(Nc3ccc(I)cc3F)sc3ncccc23)C1. The van der Waals surface area contributed by atoms with Gasteiger partial charge in [-0.05, 0) is 65.8 Å². The molecule has 0 unspecified atom stereocenters. The van der Waals surface area contributed by atoms with E-state index >= 15 is 0 Å². The van der Waals surface area contributed by atoms with Crippen LogP contribution in [0.3, 0.4) is 0 Å². The van der Waals surface area contributed by atoms with Gasteiger partial charge in [-0.3, -0.25) is 4.79 Å². The number of ether oxygens (including phenoxy) is 1. The Morgan fingerprint density at radius 2 is 2.15 bits per heavy atom. The van der Waals surface area contributed by atoms with E-state index in [0.29, 0.717) is 48.0 Å². The molecule has 1 aliphatic rings. The number of benzene rings is 1. The quantitative estimate of drug-likeness (QED) is 0.202. The molecule has 34 heavy (non-hydrogen) atoms. The van der Waals surface area contributed by atoms with Crippen LogP contribution in [-0.2, 0) is 19.6 Å². The largest absolute Gasteiger partial charge is 0.466 e. The van der Waals surface area contributed by atoms with Crippen LogP contribution in [0.5, 0.6) is 0 Å². The first-order valence-electron chi connectivity index (χ1n) is 10.8. The number of nitrogens with one attached hydrogen (secondary N) is 2. The van der Waals surface area contributed by atoms with Crippen molar-refractivity contribution in [1.82, 2.24) is 14.6 Å². The van der Waals surface area contributed by atoms with Crippen molar-refractivity contribution >= 4 is 70.8 Å². The Kier molecular flexibility index (Phi) is 8.02. The van der Waals surface area contributed by atoms with E-state index in [4.69, 9.17) is 4.74 Å². The van der Waals surface area contributed by atoms with Gasteiger partial charge in [0.05, 0.1) is 18.7 Å². The zero-order valence-electron chi connectivity index (χ0n) is 18.4. The summed E-state index contributed by atoms with van der Waals surface area (Å²) in [7, 11) is -3.83. The maximum atomic E-state index is 14.5. The first-order chi connectivity index (χ1) is 16.3. The predicted octanol–water partition coefficient (Wildman–Crippen LogP) is 3.95. The molecular formula is C22H24FIN4O4S2. The number of hydrogen-bond acceptors (Lipinski definition) is 8. The Morgan fingerprint density at radius 3 is 2.88 bits per heavy atom. The Balaban J connectivity index is 1.48. The number of esters is 1. The van der Waals surface area contributed by atoms with Crippen LogP contribution in [0.1, 0.15) is 13.3 Å². The summed E-state index contributed by atoms with van der Waals surface area (Å²) in [5.41, 5.74) is 0.204. The number of pyridine rings is 1. The maximum absolute atomic E-state index is 14.5. The highest BCUT2D eigenvalue weighted by molar-refractivity contribution is 14.1. The standard InChI is InChI=1S/C22H24FIN4O4S2/c1-2-32-19(29)7-9-25-11-14-12-28(13-14)34(30,31)20-16-4-3-8-26-21(16)33-22(20)27-18-6-5-15(24)10-17(18)23/h3-6,8,10,14,25,27H,2,7,9,11-13H2,1H3. The lowest BCUT2D eigenvalue weighted by atomic mass is 10.0. The molecule has 1 saturated heterocycles. The molecule has 182 valence electrons. The Labute approximate surface area is 215 Å². The number of aromatic nitrogens is 1. The molecule has 0 atom stereocenters. The molecular weight excluding hydrogens is 594 g/mol. The van der Waals surface area contributed by atoms with Crippen LogP contribution in [-0.4, -0.2) is 56.5 Å². The average molecular weight is 618 g/mol. The van der Waals surface area contributed by atoms with Crippen molar-refractivity contribution in [2.75, 3.05) is 38.1 Å². The number of carbonyl (C=O) groups is 1. The summed E-state index contributed by atoms with van der Waals surface area (Å²) in [4.78, 5) is 16.4. The van der Waals surface area contributed by atoms with Crippen LogP contribution in [0.25, 0.3) is 10.2 Å². The van der Waals surface area contributed by atoms with Gasteiger partial charge in [-0.25, -0.2) is 17.8 Å². The highest BCUT2D eigenvalue weighted by atomic mass is 127. The lowest BCUT2D eigenvalue weighted by molar-refractivity contribution is -0.142. The highest BCUT2D eigenvalue weighted by Crippen LogP contribution is 2.42. The van der Waals surface area contributed by atoms with E-state index < -0.39 is 15.8 Å². The average Bonchev–Trinajstić information content (AvgIpc) is 3.13. The van der Waals surface area contributed by atoms with E-state index in [1.54, 1.807) is 37.4 Å². The van der Waals surface area contributed by atoms with Crippen molar-refractivity contribution in [3.63, 3.8) is 0 Å². The second-order valence-electron chi connectivity index (χ2n) is 7.81. The summed E-state index contributed by atoms with van der Waals surface area (Å²) in [6, 6.07) is 8.14. The number of sulfonamides is 1. The highest BCUT2D eigenvalue weighted by Gasteiger charge is 2.39. The van der Waals surface area contributed by atoms with Gasteiger partial charge in [0, 0.05) is 41.3 Å². The van der Waals surface area contributed by atoms with E-state index in [-0.39, 0.29) is 28.9 Å². The second-order valence-corrected chi connectivity index (χ2v) is 11.9. The summed E-state index contributed by atoms with van der Waals surface area (Å²) >= 11 is 3.20. The summed E-state index contributed by atoms with van der Waals surface area (Å²) in [5, 5.41) is 7.01. The molecule has 0 radical (unpaired) electrons.